The van der Waals surface area contributed by atoms with Gasteiger partial charge in [-0.05, 0) is 0 Å². The summed E-state index contributed by atoms with van der Waals surface area (Å²) >= 11 is 0. The van der Waals surface area contributed by atoms with Crippen molar-refractivity contribution < 1.29 is 47.9 Å². The fraction of sp³-hybridized carbons (Fsp3) is 1.00. The van der Waals surface area contributed by atoms with E-state index in [1.54, 1.807) is 0 Å². The quantitative estimate of drug-likeness (QED) is 0.586. The minimum Gasteiger partial charge on any atom is -0.212 e. The SMILES string of the molecule is O=S(=O)(Cl)CC(F)(F)C(F)(F)C(F)(F)C(F)(F)F. The van der Waals surface area contributed by atoms with Crippen LogP contribution in [-0.2, 0) is 9.05 Å². The summed E-state index contributed by atoms with van der Waals surface area (Å²) in [6, 6.07) is 0. The van der Waals surface area contributed by atoms with Crippen molar-refractivity contribution in [2.75, 3.05) is 5.75 Å². The van der Waals surface area contributed by atoms with Gasteiger partial charge in [0, 0.05) is 10.7 Å². The number of hydrogen-bond donors (Lipinski definition) is 0. The van der Waals surface area contributed by atoms with E-state index in [-0.39, 0.29) is 0 Å². The number of rotatable bonds is 4. The maximum absolute atomic E-state index is 12.5. The van der Waals surface area contributed by atoms with Crippen LogP contribution in [-0.4, -0.2) is 38.1 Å². The first-order valence-corrected chi connectivity index (χ1v) is 6.06. The van der Waals surface area contributed by atoms with Crippen LogP contribution in [0.3, 0.4) is 0 Å². The molecule has 0 aromatic carbocycles. The van der Waals surface area contributed by atoms with E-state index >= 15 is 0 Å². The number of alkyl halides is 9. The molecule has 0 heterocycles. The van der Waals surface area contributed by atoms with E-state index in [0.717, 1.165) is 0 Å². The summed E-state index contributed by atoms with van der Waals surface area (Å²) < 4.78 is 129. The molecule has 110 valence electrons. The van der Waals surface area contributed by atoms with Crippen LogP contribution in [0.2, 0.25) is 0 Å². The molecule has 0 aromatic rings. The molecule has 0 bridgehead atoms. The van der Waals surface area contributed by atoms with Crippen molar-refractivity contribution in [1.82, 2.24) is 0 Å². The average Bonchev–Trinajstić information content (AvgIpc) is 1.95. The molecule has 13 heteroatoms. The van der Waals surface area contributed by atoms with E-state index in [1.807, 2.05) is 0 Å². The molecule has 0 saturated heterocycles. The largest absolute Gasteiger partial charge is 0.460 e. The summed E-state index contributed by atoms with van der Waals surface area (Å²) in [6.45, 7) is 0. The first-order valence-electron chi connectivity index (χ1n) is 3.58. The van der Waals surface area contributed by atoms with Gasteiger partial charge in [-0.2, -0.15) is 39.5 Å². The van der Waals surface area contributed by atoms with Crippen LogP contribution in [0.15, 0.2) is 0 Å². The van der Waals surface area contributed by atoms with Crippen LogP contribution < -0.4 is 0 Å². The molecule has 0 saturated carbocycles. The summed E-state index contributed by atoms with van der Waals surface area (Å²) in [6.07, 6.45) is -6.99. The zero-order valence-corrected chi connectivity index (χ0v) is 9.28. The molecule has 0 aromatic heterocycles. The highest BCUT2D eigenvalue weighted by molar-refractivity contribution is 8.13. The maximum atomic E-state index is 12.5. The third kappa shape index (κ3) is 3.13. The summed E-state index contributed by atoms with van der Waals surface area (Å²) in [5.41, 5.74) is 0. The summed E-state index contributed by atoms with van der Waals surface area (Å²) in [4.78, 5) is 0. The lowest BCUT2D eigenvalue weighted by atomic mass is 10.1. The molecule has 0 aliphatic heterocycles. The smallest absolute Gasteiger partial charge is 0.212 e. The van der Waals surface area contributed by atoms with Crippen LogP contribution in [0.1, 0.15) is 0 Å². The molecule has 0 N–H and O–H groups in total. The van der Waals surface area contributed by atoms with E-state index in [9.17, 15) is 47.9 Å². The Morgan fingerprint density at radius 3 is 1.33 bits per heavy atom. The molecular weight excluding hydrogens is 331 g/mol. The van der Waals surface area contributed by atoms with Crippen LogP contribution in [0.4, 0.5) is 39.5 Å². The van der Waals surface area contributed by atoms with Gasteiger partial charge in [0.05, 0.1) is 0 Å². The van der Waals surface area contributed by atoms with Crippen molar-refractivity contribution in [1.29, 1.82) is 0 Å². The lowest BCUT2D eigenvalue weighted by Crippen LogP contribution is -2.62. The second-order valence-electron chi connectivity index (χ2n) is 3.03. The molecule has 0 unspecified atom stereocenters. The first-order chi connectivity index (χ1) is 7.46. The van der Waals surface area contributed by atoms with Crippen molar-refractivity contribution in [3.8, 4) is 0 Å². The standard InChI is InChI=1S/C5H2ClF9O2S/c6-18(16,17)1-2(7,8)3(9,10)4(11,12)5(13,14)15/h1H2. The molecule has 0 radical (unpaired) electrons. The molecule has 0 rings (SSSR count). The van der Waals surface area contributed by atoms with E-state index in [0.29, 0.717) is 0 Å². The van der Waals surface area contributed by atoms with Crippen molar-refractivity contribution in [2.24, 2.45) is 0 Å². The normalized spacial score (nSPS) is 15.9. The Kier molecular flexibility index (Phi) is 4.23. The second kappa shape index (κ2) is 4.32. The molecular formula is C5H2ClF9O2S. The topological polar surface area (TPSA) is 34.1 Å². The summed E-state index contributed by atoms with van der Waals surface area (Å²) in [5.74, 6) is -23.4. The third-order valence-corrected chi connectivity index (χ3v) is 2.60. The summed E-state index contributed by atoms with van der Waals surface area (Å²) in [7, 11) is -1.31. The van der Waals surface area contributed by atoms with Gasteiger partial charge in [0.25, 0.3) is 0 Å². The second-order valence-corrected chi connectivity index (χ2v) is 5.81. The lowest BCUT2D eigenvalue weighted by Gasteiger charge is -2.32. The van der Waals surface area contributed by atoms with Crippen molar-refractivity contribution in [3.05, 3.63) is 0 Å². The molecule has 18 heavy (non-hydrogen) atoms. The Balaban J connectivity index is 5.64. The van der Waals surface area contributed by atoms with Gasteiger partial charge in [-0.1, -0.05) is 0 Å². The monoisotopic (exact) mass is 332 g/mol. The predicted molar refractivity (Wildman–Crippen MR) is 40.5 cm³/mol. The van der Waals surface area contributed by atoms with Crippen molar-refractivity contribution in [3.63, 3.8) is 0 Å². The Bertz CT molecular complexity index is 411. The average molecular weight is 333 g/mol. The van der Waals surface area contributed by atoms with E-state index in [2.05, 4.69) is 10.7 Å². The van der Waals surface area contributed by atoms with Gasteiger partial charge in [0.1, 0.15) is 5.75 Å². The highest BCUT2D eigenvalue weighted by atomic mass is 35.7. The molecule has 0 fully saturated rings. The van der Waals surface area contributed by atoms with Gasteiger partial charge >= 0.3 is 23.9 Å². The summed E-state index contributed by atoms with van der Waals surface area (Å²) in [5, 5.41) is 0. The Morgan fingerprint density at radius 1 is 0.778 bits per heavy atom. The Labute approximate surface area is 98.1 Å². The van der Waals surface area contributed by atoms with E-state index in [4.69, 9.17) is 0 Å². The molecule has 0 atom stereocenters. The molecule has 0 spiro atoms. The molecule has 0 aliphatic rings. The zero-order chi connectivity index (χ0) is 15.2. The van der Waals surface area contributed by atoms with Crippen molar-refractivity contribution >= 4 is 19.7 Å². The van der Waals surface area contributed by atoms with Crippen LogP contribution in [0.25, 0.3) is 0 Å². The van der Waals surface area contributed by atoms with Gasteiger partial charge in [-0.3, -0.25) is 0 Å². The van der Waals surface area contributed by atoms with Gasteiger partial charge in [0.15, 0.2) is 0 Å². The van der Waals surface area contributed by atoms with E-state index in [1.165, 1.54) is 0 Å². The first kappa shape index (κ1) is 17.6. The minimum atomic E-state index is -7.12. The fourth-order valence-electron chi connectivity index (χ4n) is 0.715. The minimum absolute atomic E-state index is 3.07. The molecule has 2 nitrogen and oxygen atoms in total. The fourth-order valence-corrected chi connectivity index (χ4v) is 1.74. The van der Waals surface area contributed by atoms with Crippen LogP contribution in [0.5, 0.6) is 0 Å². The molecule has 0 aliphatic carbocycles. The predicted octanol–water partition coefficient (Wildman–Crippen LogP) is 3.02. The van der Waals surface area contributed by atoms with Gasteiger partial charge in [-0.25, -0.2) is 8.42 Å². The van der Waals surface area contributed by atoms with Crippen molar-refractivity contribution in [2.45, 2.75) is 23.9 Å². The van der Waals surface area contributed by atoms with Gasteiger partial charge < -0.3 is 0 Å². The highest BCUT2D eigenvalue weighted by Crippen LogP contribution is 2.53. The number of hydrogen-bond acceptors (Lipinski definition) is 2. The highest BCUT2D eigenvalue weighted by Gasteiger charge is 2.82. The third-order valence-electron chi connectivity index (χ3n) is 1.56. The maximum Gasteiger partial charge on any atom is 0.460 e. The lowest BCUT2D eigenvalue weighted by molar-refractivity contribution is -0.392. The van der Waals surface area contributed by atoms with Crippen LogP contribution >= 0.6 is 10.7 Å². The zero-order valence-electron chi connectivity index (χ0n) is 7.71. The Morgan fingerprint density at radius 2 is 1.11 bits per heavy atom. The van der Waals surface area contributed by atoms with Crippen LogP contribution in [0, 0.1) is 0 Å². The van der Waals surface area contributed by atoms with Gasteiger partial charge in [-0.15, -0.1) is 0 Å². The Hall–Kier alpha value is -0.390. The number of halogens is 10. The van der Waals surface area contributed by atoms with E-state index < -0.39 is 38.7 Å². The molecule has 0 amide bonds. The van der Waals surface area contributed by atoms with Gasteiger partial charge in [0.2, 0.25) is 9.05 Å².